The van der Waals surface area contributed by atoms with Crippen molar-refractivity contribution in [1.29, 1.82) is 0 Å². The van der Waals surface area contributed by atoms with Gasteiger partial charge in [-0.15, -0.1) is 0 Å². The van der Waals surface area contributed by atoms with Crippen LogP contribution in [-0.2, 0) is 0 Å². The van der Waals surface area contributed by atoms with Crippen LogP contribution in [0.4, 0.5) is 0 Å². The lowest BCUT2D eigenvalue weighted by molar-refractivity contribution is 0.375. The van der Waals surface area contributed by atoms with Crippen LogP contribution in [0.15, 0.2) is 24.3 Å². The summed E-state index contributed by atoms with van der Waals surface area (Å²) in [6, 6.07) is 8.87. The number of aryl methyl sites for hydroxylation is 1. The minimum Gasteiger partial charge on any atom is -0.271 e. The highest BCUT2D eigenvalue weighted by Gasteiger charge is 2.14. The Morgan fingerprint density at radius 1 is 1.25 bits per heavy atom. The first-order valence-corrected chi connectivity index (χ1v) is 6.23. The molecule has 1 unspecified atom stereocenters. The monoisotopic (exact) mass is 220 g/mol. The fourth-order valence-electron chi connectivity index (χ4n) is 2.14. The van der Waals surface area contributed by atoms with Gasteiger partial charge in [0.1, 0.15) is 0 Å². The first-order valence-electron chi connectivity index (χ1n) is 6.23. The highest BCUT2D eigenvalue weighted by atomic mass is 15.2. The van der Waals surface area contributed by atoms with Crippen LogP contribution in [0.2, 0.25) is 0 Å². The summed E-state index contributed by atoms with van der Waals surface area (Å²) >= 11 is 0. The van der Waals surface area contributed by atoms with Crippen molar-refractivity contribution in [2.75, 3.05) is 0 Å². The molecule has 0 aliphatic heterocycles. The molecule has 2 heteroatoms. The van der Waals surface area contributed by atoms with Gasteiger partial charge in [-0.25, -0.2) is 0 Å². The predicted molar refractivity (Wildman–Crippen MR) is 69.9 cm³/mol. The zero-order valence-corrected chi connectivity index (χ0v) is 10.7. The summed E-state index contributed by atoms with van der Waals surface area (Å²) in [7, 11) is 0. The van der Waals surface area contributed by atoms with Crippen molar-refractivity contribution in [3.05, 3.63) is 35.4 Å². The van der Waals surface area contributed by atoms with Crippen LogP contribution in [0.25, 0.3) is 0 Å². The van der Waals surface area contributed by atoms with E-state index >= 15 is 0 Å². The number of nitrogens with two attached hydrogens (primary N) is 1. The zero-order valence-electron chi connectivity index (χ0n) is 10.7. The third-order valence-corrected chi connectivity index (χ3v) is 3.37. The Labute approximate surface area is 99.2 Å². The van der Waals surface area contributed by atoms with Gasteiger partial charge < -0.3 is 0 Å². The zero-order chi connectivity index (χ0) is 12.0. The van der Waals surface area contributed by atoms with Gasteiger partial charge in [-0.3, -0.25) is 11.3 Å². The maximum absolute atomic E-state index is 5.66. The second kappa shape index (κ2) is 6.66. The topological polar surface area (TPSA) is 38.0 Å². The summed E-state index contributed by atoms with van der Waals surface area (Å²) in [5.41, 5.74) is 5.54. The number of hydrogen-bond donors (Lipinski definition) is 2. The van der Waals surface area contributed by atoms with Gasteiger partial charge in [-0.1, -0.05) is 56.5 Å². The molecule has 1 rings (SSSR count). The lowest BCUT2D eigenvalue weighted by Crippen LogP contribution is -2.29. The van der Waals surface area contributed by atoms with Crippen molar-refractivity contribution < 1.29 is 0 Å². The number of benzene rings is 1. The number of nitrogens with one attached hydrogen (secondary N) is 1. The van der Waals surface area contributed by atoms with Crippen molar-refractivity contribution in [3.8, 4) is 0 Å². The van der Waals surface area contributed by atoms with Crippen molar-refractivity contribution in [3.63, 3.8) is 0 Å². The minimum atomic E-state index is 0.282. The van der Waals surface area contributed by atoms with Crippen LogP contribution in [0.5, 0.6) is 0 Å². The highest BCUT2D eigenvalue weighted by Crippen LogP contribution is 2.25. The fourth-order valence-corrected chi connectivity index (χ4v) is 2.14. The summed E-state index contributed by atoms with van der Waals surface area (Å²) < 4.78 is 0. The number of hydrazine groups is 1. The van der Waals surface area contributed by atoms with E-state index in [1.54, 1.807) is 0 Å². The quantitative estimate of drug-likeness (QED) is 0.570. The molecule has 1 atom stereocenters. The Morgan fingerprint density at radius 2 is 1.94 bits per heavy atom. The maximum Gasteiger partial charge on any atom is 0.0462 e. The average Bonchev–Trinajstić information content (AvgIpc) is 2.31. The highest BCUT2D eigenvalue weighted by molar-refractivity contribution is 5.25. The Hall–Kier alpha value is -0.860. The molecule has 16 heavy (non-hydrogen) atoms. The summed E-state index contributed by atoms with van der Waals surface area (Å²) in [4.78, 5) is 0. The Bertz CT molecular complexity index is 305. The summed E-state index contributed by atoms with van der Waals surface area (Å²) in [5, 5.41) is 0. The second-order valence-corrected chi connectivity index (χ2v) is 4.55. The maximum atomic E-state index is 5.66. The lowest BCUT2D eigenvalue weighted by Gasteiger charge is -2.21. The third-order valence-electron chi connectivity index (χ3n) is 3.37. The van der Waals surface area contributed by atoms with Crippen LogP contribution in [0.3, 0.4) is 0 Å². The molecule has 0 saturated heterocycles. The fraction of sp³-hybridized carbons (Fsp3) is 0.571. The summed E-state index contributed by atoms with van der Waals surface area (Å²) in [5.74, 6) is 6.41. The lowest BCUT2D eigenvalue weighted by atomic mass is 9.91. The molecule has 0 amide bonds. The van der Waals surface area contributed by atoms with Crippen LogP contribution < -0.4 is 11.3 Å². The number of hydrogen-bond acceptors (Lipinski definition) is 2. The van der Waals surface area contributed by atoms with Gasteiger partial charge in [-0.2, -0.15) is 0 Å². The second-order valence-electron chi connectivity index (χ2n) is 4.55. The predicted octanol–water partition coefficient (Wildman–Crippen LogP) is 3.33. The Balaban J connectivity index is 2.74. The molecular weight excluding hydrogens is 196 g/mol. The molecule has 0 heterocycles. The van der Waals surface area contributed by atoms with Gasteiger partial charge in [0.25, 0.3) is 0 Å². The van der Waals surface area contributed by atoms with Gasteiger partial charge >= 0.3 is 0 Å². The summed E-state index contributed by atoms with van der Waals surface area (Å²) in [6.45, 7) is 6.62. The Morgan fingerprint density at radius 3 is 2.44 bits per heavy atom. The van der Waals surface area contributed by atoms with E-state index < -0.39 is 0 Å². The van der Waals surface area contributed by atoms with E-state index in [0.717, 1.165) is 12.3 Å². The van der Waals surface area contributed by atoms with Crippen molar-refractivity contribution in [2.24, 2.45) is 11.8 Å². The van der Waals surface area contributed by atoms with Crippen LogP contribution in [0.1, 0.15) is 50.3 Å². The standard InChI is InChI=1S/C14H24N2/c1-4-12(5-2)10-14(16-15)13-8-6-7-11(3)9-13/h6-9,12,14,16H,4-5,10,15H2,1-3H3. The van der Waals surface area contributed by atoms with Crippen LogP contribution in [0, 0.1) is 12.8 Å². The first kappa shape index (κ1) is 13.2. The van der Waals surface area contributed by atoms with Crippen LogP contribution in [-0.4, -0.2) is 0 Å². The van der Waals surface area contributed by atoms with Gasteiger partial charge in [0.2, 0.25) is 0 Å². The smallest absolute Gasteiger partial charge is 0.0462 e. The first-order chi connectivity index (χ1) is 7.71. The van der Waals surface area contributed by atoms with Gasteiger partial charge in [0.15, 0.2) is 0 Å². The molecule has 3 N–H and O–H groups in total. The van der Waals surface area contributed by atoms with Crippen molar-refractivity contribution in [2.45, 2.75) is 46.1 Å². The third kappa shape index (κ3) is 3.62. The van der Waals surface area contributed by atoms with Gasteiger partial charge in [0.05, 0.1) is 0 Å². The molecule has 0 fully saturated rings. The Kier molecular flexibility index (Phi) is 5.50. The van der Waals surface area contributed by atoms with Crippen LogP contribution >= 0.6 is 0 Å². The van der Waals surface area contributed by atoms with Crippen molar-refractivity contribution >= 4 is 0 Å². The molecule has 0 saturated carbocycles. The molecule has 0 radical (unpaired) electrons. The van der Waals surface area contributed by atoms with Gasteiger partial charge in [-0.05, 0) is 24.8 Å². The molecule has 0 aromatic heterocycles. The molecule has 0 spiro atoms. The molecule has 1 aromatic rings. The van der Waals surface area contributed by atoms with E-state index in [0.29, 0.717) is 0 Å². The largest absolute Gasteiger partial charge is 0.271 e. The van der Waals surface area contributed by atoms with Crippen molar-refractivity contribution in [1.82, 2.24) is 5.43 Å². The van der Waals surface area contributed by atoms with Gasteiger partial charge in [0, 0.05) is 6.04 Å². The SMILES string of the molecule is CCC(CC)CC(NN)c1cccc(C)c1. The average molecular weight is 220 g/mol. The summed E-state index contributed by atoms with van der Waals surface area (Å²) in [6.07, 6.45) is 3.56. The van der Waals surface area contributed by atoms with E-state index in [9.17, 15) is 0 Å². The molecule has 0 aliphatic rings. The molecule has 90 valence electrons. The normalized spacial score (nSPS) is 13.1. The van der Waals surface area contributed by atoms with E-state index in [4.69, 9.17) is 5.84 Å². The van der Waals surface area contributed by atoms with E-state index in [1.807, 2.05) is 0 Å². The molecule has 1 aromatic carbocycles. The van der Waals surface area contributed by atoms with E-state index in [2.05, 4.69) is 50.5 Å². The molecule has 0 aliphatic carbocycles. The van der Waals surface area contributed by atoms with E-state index in [-0.39, 0.29) is 6.04 Å². The van der Waals surface area contributed by atoms with E-state index in [1.165, 1.54) is 24.0 Å². The molecule has 0 bridgehead atoms. The molecule has 2 nitrogen and oxygen atoms in total. The number of rotatable bonds is 6. The minimum absolute atomic E-state index is 0.282. The molecular formula is C14H24N2.